The van der Waals surface area contributed by atoms with E-state index in [9.17, 15) is 14.7 Å². The van der Waals surface area contributed by atoms with Crippen LogP contribution in [0.5, 0.6) is 16.8 Å². The summed E-state index contributed by atoms with van der Waals surface area (Å²) in [6, 6.07) is 1.15. The van der Waals surface area contributed by atoms with Gasteiger partial charge in [-0.15, -0.1) is 0 Å². The lowest BCUT2D eigenvalue weighted by molar-refractivity contribution is 0.0540. The van der Waals surface area contributed by atoms with Crippen LogP contribution in [0.25, 0.3) is 11.5 Å². The number of methoxy groups -OCH3 is 3. The summed E-state index contributed by atoms with van der Waals surface area (Å²) in [6.45, 7) is 2.55. The SMILES string of the molecule is COc1cc(OC)nc(-c2nc(N3CC[C@@H](NC(=O)c4[nH]c(C)c(Cl)c4Cl)[C@@H](OC)C3)sc2OC(=O)O)n1. The molecule has 4 rings (SSSR count). The molecule has 1 fully saturated rings. The lowest BCUT2D eigenvalue weighted by Gasteiger charge is -2.37. The van der Waals surface area contributed by atoms with Gasteiger partial charge < -0.3 is 39.3 Å². The van der Waals surface area contributed by atoms with Gasteiger partial charge in [0.05, 0.1) is 42.5 Å². The second-order valence-electron chi connectivity index (χ2n) is 8.12. The number of hydrogen-bond acceptors (Lipinski definition) is 11. The van der Waals surface area contributed by atoms with Gasteiger partial charge in [0.1, 0.15) is 5.69 Å². The summed E-state index contributed by atoms with van der Waals surface area (Å²) in [6.07, 6.45) is -1.42. The van der Waals surface area contributed by atoms with E-state index in [0.29, 0.717) is 35.4 Å². The molecule has 0 aliphatic carbocycles. The van der Waals surface area contributed by atoms with Crippen molar-refractivity contribution in [1.29, 1.82) is 0 Å². The molecule has 0 spiro atoms. The van der Waals surface area contributed by atoms with Gasteiger partial charge in [-0.3, -0.25) is 4.79 Å². The van der Waals surface area contributed by atoms with Gasteiger partial charge in [-0.1, -0.05) is 34.5 Å². The van der Waals surface area contributed by atoms with Crippen LogP contribution in [0, 0.1) is 6.92 Å². The zero-order chi connectivity index (χ0) is 27.6. The number of aromatic amines is 1. The van der Waals surface area contributed by atoms with Gasteiger partial charge in [0, 0.05) is 25.9 Å². The summed E-state index contributed by atoms with van der Waals surface area (Å²) in [5, 5.41) is 13.1. The van der Waals surface area contributed by atoms with Crippen molar-refractivity contribution < 1.29 is 33.6 Å². The fourth-order valence-corrected chi connectivity index (χ4v) is 5.26. The highest BCUT2D eigenvalue weighted by atomic mass is 35.5. The molecule has 1 aliphatic heterocycles. The van der Waals surface area contributed by atoms with Gasteiger partial charge >= 0.3 is 6.16 Å². The monoisotopic (exact) mass is 586 g/mol. The number of carboxylic acid groups (broad SMARTS) is 1. The third-order valence-electron chi connectivity index (χ3n) is 5.80. The van der Waals surface area contributed by atoms with Crippen molar-refractivity contribution in [3.05, 3.63) is 27.5 Å². The van der Waals surface area contributed by atoms with E-state index in [-0.39, 0.29) is 45.1 Å². The van der Waals surface area contributed by atoms with Crippen molar-refractivity contribution in [2.75, 3.05) is 39.3 Å². The predicted octanol–water partition coefficient (Wildman–Crippen LogP) is 3.64. The average molecular weight is 587 g/mol. The third-order valence-corrected chi connectivity index (χ3v) is 7.75. The number of aromatic nitrogens is 4. The number of carbonyl (C=O) groups is 2. The summed E-state index contributed by atoms with van der Waals surface area (Å²) in [5.41, 5.74) is 0.888. The number of carbonyl (C=O) groups excluding carboxylic acids is 1. The molecule has 1 saturated heterocycles. The molecule has 4 heterocycles. The Morgan fingerprint density at radius 3 is 2.39 bits per heavy atom. The highest BCUT2D eigenvalue weighted by Crippen LogP contribution is 2.40. The number of amides is 1. The zero-order valence-corrected chi connectivity index (χ0v) is 23.0. The van der Waals surface area contributed by atoms with Gasteiger partial charge in [-0.25, -0.2) is 9.78 Å². The van der Waals surface area contributed by atoms with Crippen LogP contribution >= 0.6 is 34.5 Å². The minimum absolute atomic E-state index is 0.0131. The molecule has 0 radical (unpaired) electrons. The second-order valence-corrected chi connectivity index (χ2v) is 9.81. The van der Waals surface area contributed by atoms with Crippen molar-refractivity contribution in [3.63, 3.8) is 0 Å². The number of rotatable bonds is 8. The molecule has 1 aliphatic rings. The summed E-state index contributed by atoms with van der Waals surface area (Å²) < 4.78 is 21.0. The predicted molar refractivity (Wildman–Crippen MR) is 139 cm³/mol. The van der Waals surface area contributed by atoms with Crippen LogP contribution in [0.3, 0.4) is 0 Å². The number of anilines is 1. The van der Waals surface area contributed by atoms with Crippen LogP contribution in [0.4, 0.5) is 9.93 Å². The molecular weight excluding hydrogens is 563 g/mol. The highest BCUT2D eigenvalue weighted by Gasteiger charge is 2.34. The average Bonchev–Trinajstić information content (AvgIpc) is 3.44. The molecule has 0 saturated carbocycles. The van der Waals surface area contributed by atoms with Gasteiger partial charge in [-0.05, 0) is 13.3 Å². The van der Waals surface area contributed by atoms with E-state index in [1.54, 1.807) is 14.0 Å². The van der Waals surface area contributed by atoms with E-state index in [2.05, 4.69) is 25.3 Å². The second kappa shape index (κ2) is 11.6. The van der Waals surface area contributed by atoms with E-state index in [4.69, 9.17) is 42.1 Å². The highest BCUT2D eigenvalue weighted by molar-refractivity contribution is 7.18. The Morgan fingerprint density at radius 2 is 1.84 bits per heavy atom. The quantitative estimate of drug-likeness (QED) is 0.330. The largest absolute Gasteiger partial charge is 0.512 e. The van der Waals surface area contributed by atoms with Crippen LogP contribution < -0.4 is 24.4 Å². The molecule has 13 nitrogen and oxygen atoms in total. The summed E-state index contributed by atoms with van der Waals surface area (Å²) >= 11 is 13.3. The Labute approximate surface area is 231 Å². The number of nitrogens with zero attached hydrogens (tertiary/aromatic N) is 4. The van der Waals surface area contributed by atoms with Crippen molar-refractivity contribution in [2.24, 2.45) is 0 Å². The van der Waals surface area contributed by atoms with Gasteiger partial charge in [-0.2, -0.15) is 9.97 Å². The van der Waals surface area contributed by atoms with Crippen molar-refractivity contribution in [1.82, 2.24) is 25.3 Å². The van der Waals surface area contributed by atoms with E-state index < -0.39 is 18.2 Å². The Bertz CT molecular complexity index is 1330. The topological polar surface area (TPSA) is 161 Å². The molecule has 2 atom stereocenters. The van der Waals surface area contributed by atoms with Gasteiger partial charge in [0.2, 0.25) is 16.8 Å². The van der Waals surface area contributed by atoms with E-state index >= 15 is 0 Å². The first-order valence-electron chi connectivity index (χ1n) is 11.2. The van der Waals surface area contributed by atoms with E-state index in [1.807, 2.05) is 4.90 Å². The lowest BCUT2D eigenvalue weighted by atomic mass is 10.0. The summed E-state index contributed by atoms with van der Waals surface area (Å²) in [4.78, 5) is 42.1. The minimum atomic E-state index is -1.51. The van der Waals surface area contributed by atoms with E-state index in [1.165, 1.54) is 20.3 Å². The molecule has 38 heavy (non-hydrogen) atoms. The van der Waals surface area contributed by atoms with Crippen LogP contribution in [0.2, 0.25) is 10.0 Å². The van der Waals surface area contributed by atoms with Crippen molar-refractivity contribution in [3.8, 4) is 28.3 Å². The summed E-state index contributed by atoms with van der Waals surface area (Å²) in [5.74, 6) is 0.0835. The van der Waals surface area contributed by atoms with E-state index in [0.717, 1.165) is 11.3 Å². The number of aryl methyl sites for hydroxylation is 1. The standard InChI is InChI=1S/C22H24Cl2N6O7S/c1-9-14(23)15(24)16(25-9)19(31)26-10-5-6-30(8-11(10)34-2)21-29-17(20(38-21)37-22(32)33)18-27-12(35-3)7-13(28-18)36-4/h7,10-11,25H,5-6,8H2,1-4H3,(H,26,31)(H,32,33)/t10-,11+/m1/s1. The molecule has 3 N–H and O–H groups in total. The van der Waals surface area contributed by atoms with Crippen LogP contribution in [0.1, 0.15) is 22.6 Å². The first-order chi connectivity index (χ1) is 18.1. The number of ether oxygens (including phenoxy) is 4. The Kier molecular flexibility index (Phi) is 8.45. The normalized spacial score (nSPS) is 17.3. The molecule has 0 unspecified atom stereocenters. The fraction of sp³-hybridized carbons (Fsp3) is 0.409. The third kappa shape index (κ3) is 5.72. The van der Waals surface area contributed by atoms with Crippen molar-refractivity contribution in [2.45, 2.75) is 25.5 Å². The molecule has 3 aromatic rings. The molecule has 0 bridgehead atoms. The van der Waals surface area contributed by atoms with Crippen LogP contribution in [0.15, 0.2) is 6.07 Å². The number of nitrogens with one attached hydrogen (secondary N) is 2. The maximum absolute atomic E-state index is 12.9. The van der Waals surface area contributed by atoms with Crippen LogP contribution in [-0.4, -0.2) is 83.7 Å². The zero-order valence-electron chi connectivity index (χ0n) is 20.7. The van der Waals surface area contributed by atoms with Gasteiger partial charge in [0.15, 0.2) is 16.6 Å². The Morgan fingerprint density at radius 1 is 1.16 bits per heavy atom. The Hall–Kier alpha value is -3.33. The maximum Gasteiger partial charge on any atom is 0.512 e. The summed E-state index contributed by atoms with van der Waals surface area (Å²) in [7, 11) is 4.40. The Balaban J connectivity index is 1.57. The number of halogens is 2. The fourth-order valence-electron chi connectivity index (χ4n) is 3.90. The minimum Gasteiger partial charge on any atom is -0.481 e. The maximum atomic E-state index is 12.9. The van der Waals surface area contributed by atoms with Crippen LogP contribution in [-0.2, 0) is 4.74 Å². The first kappa shape index (κ1) is 27.7. The molecule has 1 amide bonds. The first-order valence-corrected chi connectivity index (χ1v) is 12.7. The number of hydrogen-bond donors (Lipinski definition) is 3. The molecule has 0 aromatic carbocycles. The molecule has 204 valence electrons. The number of H-pyrrole nitrogens is 1. The van der Waals surface area contributed by atoms with Crippen molar-refractivity contribution >= 4 is 51.7 Å². The molecular formula is C22H24Cl2N6O7S. The smallest absolute Gasteiger partial charge is 0.481 e. The number of piperidine rings is 1. The molecule has 3 aromatic heterocycles. The molecule has 16 heteroatoms. The van der Waals surface area contributed by atoms with Gasteiger partial charge in [0.25, 0.3) is 5.91 Å². The lowest BCUT2D eigenvalue weighted by Crippen LogP contribution is -2.55. The number of thiazole rings is 1.